The van der Waals surface area contributed by atoms with E-state index in [1.54, 1.807) is 23.6 Å². The number of carbonyl (C=O) groups excluding carboxylic acids is 1. The molecule has 1 saturated heterocycles. The van der Waals surface area contributed by atoms with E-state index in [1.165, 1.54) is 17.4 Å². The maximum atomic E-state index is 13.5. The van der Waals surface area contributed by atoms with Crippen LogP contribution in [0.25, 0.3) is 0 Å². The Kier molecular flexibility index (Phi) is 4.91. The standard InChI is InChI=1S/C17H19FN2O2S/c1-12-6-8-20(9-7-12)17(21)14-11-23-16(19-14)10-22-15-5-3-2-4-13(15)18/h2-5,11-12H,6-10H2,1H3. The molecule has 1 amide bonds. The molecule has 0 spiro atoms. The topological polar surface area (TPSA) is 42.4 Å². The monoisotopic (exact) mass is 334 g/mol. The zero-order valence-corrected chi connectivity index (χ0v) is 13.8. The number of para-hydroxylation sites is 1. The number of piperidine rings is 1. The van der Waals surface area contributed by atoms with E-state index < -0.39 is 5.82 Å². The summed E-state index contributed by atoms with van der Waals surface area (Å²) in [5.41, 5.74) is 0.455. The molecule has 1 aliphatic rings. The van der Waals surface area contributed by atoms with E-state index >= 15 is 0 Å². The molecule has 0 N–H and O–H groups in total. The first-order chi connectivity index (χ1) is 11.1. The van der Waals surface area contributed by atoms with Gasteiger partial charge in [-0.15, -0.1) is 11.3 Å². The molecule has 0 aliphatic carbocycles. The molecule has 6 heteroatoms. The lowest BCUT2D eigenvalue weighted by molar-refractivity contribution is 0.0691. The Morgan fingerprint density at radius 1 is 1.39 bits per heavy atom. The number of nitrogens with zero attached hydrogens (tertiary/aromatic N) is 2. The molecule has 0 unspecified atom stereocenters. The highest BCUT2D eigenvalue weighted by atomic mass is 32.1. The number of benzene rings is 1. The van der Waals surface area contributed by atoms with Crippen LogP contribution < -0.4 is 4.74 Å². The molecule has 1 aliphatic heterocycles. The summed E-state index contributed by atoms with van der Waals surface area (Å²) in [6.45, 7) is 3.95. The zero-order valence-electron chi connectivity index (χ0n) is 13.0. The van der Waals surface area contributed by atoms with E-state index in [-0.39, 0.29) is 18.3 Å². The molecule has 1 aromatic heterocycles. The lowest BCUT2D eigenvalue weighted by atomic mass is 9.99. The van der Waals surface area contributed by atoms with Gasteiger partial charge in [-0.05, 0) is 30.9 Å². The second-order valence-electron chi connectivity index (χ2n) is 5.82. The predicted molar refractivity (Wildman–Crippen MR) is 87.1 cm³/mol. The Morgan fingerprint density at radius 2 is 2.13 bits per heavy atom. The summed E-state index contributed by atoms with van der Waals surface area (Å²) in [6, 6.07) is 6.25. The molecule has 2 aromatic rings. The molecule has 1 fully saturated rings. The van der Waals surface area contributed by atoms with Gasteiger partial charge in [-0.25, -0.2) is 9.37 Å². The van der Waals surface area contributed by atoms with Crippen molar-refractivity contribution < 1.29 is 13.9 Å². The van der Waals surface area contributed by atoms with Gasteiger partial charge in [-0.2, -0.15) is 0 Å². The number of carbonyl (C=O) groups is 1. The maximum absolute atomic E-state index is 13.5. The van der Waals surface area contributed by atoms with Crippen LogP contribution in [0.3, 0.4) is 0 Å². The van der Waals surface area contributed by atoms with Gasteiger partial charge in [-0.1, -0.05) is 19.1 Å². The number of hydrogen-bond acceptors (Lipinski definition) is 4. The second-order valence-corrected chi connectivity index (χ2v) is 6.76. The number of rotatable bonds is 4. The van der Waals surface area contributed by atoms with E-state index in [2.05, 4.69) is 11.9 Å². The number of aromatic nitrogens is 1. The summed E-state index contributed by atoms with van der Waals surface area (Å²) < 4.78 is 18.9. The minimum absolute atomic E-state index is 0.0229. The van der Waals surface area contributed by atoms with Crippen molar-refractivity contribution in [3.05, 3.63) is 46.2 Å². The first-order valence-corrected chi connectivity index (χ1v) is 8.62. The summed E-state index contributed by atoms with van der Waals surface area (Å²) in [7, 11) is 0. The Labute approximate surface area is 138 Å². The van der Waals surface area contributed by atoms with E-state index in [9.17, 15) is 9.18 Å². The van der Waals surface area contributed by atoms with Crippen LogP contribution in [0.5, 0.6) is 5.75 Å². The van der Waals surface area contributed by atoms with Crippen LogP contribution in [0.15, 0.2) is 29.6 Å². The van der Waals surface area contributed by atoms with E-state index in [0.717, 1.165) is 25.9 Å². The fourth-order valence-corrected chi connectivity index (χ4v) is 3.23. The van der Waals surface area contributed by atoms with Crippen LogP contribution in [-0.4, -0.2) is 28.9 Å². The van der Waals surface area contributed by atoms with E-state index in [4.69, 9.17) is 4.74 Å². The molecule has 3 rings (SSSR count). The highest BCUT2D eigenvalue weighted by Gasteiger charge is 2.23. The number of ether oxygens (including phenoxy) is 1. The molecule has 0 bridgehead atoms. The minimum atomic E-state index is -0.400. The van der Waals surface area contributed by atoms with Crippen molar-refractivity contribution in [1.82, 2.24) is 9.88 Å². The summed E-state index contributed by atoms with van der Waals surface area (Å²) in [6.07, 6.45) is 2.08. The second kappa shape index (κ2) is 7.08. The highest BCUT2D eigenvalue weighted by molar-refractivity contribution is 7.09. The smallest absolute Gasteiger partial charge is 0.273 e. The first-order valence-electron chi connectivity index (χ1n) is 7.74. The van der Waals surface area contributed by atoms with Crippen LogP contribution in [0.2, 0.25) is 0 Å². The van der Waals surface area contributed by atoms with Crippen LogP contribution in [0.4, 0.5) is 4.39 Å². The lowest BCUT2D eigenvalue weighted by Gasteiger charge is -2.29. The van der Waals surface area contributed by atoms with Crippen LogP contribution in [-0.2, 0) is 6.61 Å². The number of amides is 1. The molecule has 2 heterocycles. The Hall–Kier alpha value is -1.95. The van der Waals surface area contributed by atoms with Gasteiger partial charge in [0.2, 0.25) is 0 Å². The number of thiazole rings is 1. The fraction of sp³-hybridized carbons (Fsp3) is 0.412. The molecule has 0 radical (unpaired) electrons. The number of halogens is 1. The Bertz CT molecular complexity index is 681. The van der Waals surface area contributed by atoms with Crippen molar-refractivity contribution in [2.24, 2.45) is 5.92 Å². The number of likely N-dealkylation sites (tertiary alicyclic amines) is 1. The van der Waals surface area contributed by atoms with Crippen molar-refractivity contribution in [2.45, 2.75) is 26.4 Å². The average Bonchev–Trinajstić information content (AvgIpc) is 3.03. The summed E-state index contributed by atoms with van der Waals surface area (Å²) in [5.74, 6) is 0.452. The third kappa shape index (κ3) is 3.88. The average molecular weight is 334 g/mol. The summed E-state index contributed by atoms with van der Waals surface area (Å²) in [4.78, 5) is 18.6. The van der Waals surface area contributed by atoms with Crippen molar-refractivity contribution in [3.63, 3.8) is 0 Å². The largest absolute Gasteiger partial charge is 0.483 e. The molecule has 0 atom stereocenters. The number of hydrogen-bond donors (Lipinski definition) is 0. The first kappa shape index (κ1) is 15.9. The summed E-state index contributed by atoms with van der Waals surface area (Å²) >= 11 is 1.36. The van der Waals surface area contributed by atoms with Gasteiger partial charge in [0.15, 0.2) is 11.6 Å². The van der Waals surface area contributed by atoms with Gasteiger partial charge in [0.25, 0.3) is 5.91 Å². The molecule has 122 valence electrons. The molecular formula is C17H19FN2O2S. The van der Waals surface area contributed by atoms with Gasteiger partial charge >= 0.3 is 0 Å². The molecule has 23 heavy (non-hydrogen) atoms. The third-order valence-corrected chi connectivity index (χ3v) is 4.85. The highest BCUT2D eigenvalue weighted by Crippen LogP contribution is 2.21. The predicted octanol–water partition coefficient (Wildman–Crippen LogP) is 3.73. The van der Waals surface area contributed by atoms with Gasteiger partial charge in [0.05, 0.1) is 0 Å². The third-order valence-electron chi connectivity index (χ3n) is 4.03. The normalized spacial score (nSPS) is 15.7. The van der Waals surface area contributed by atoms with Gasteiger partial charge in [-0.3, -0.25) is 4.79 Å². The van der Waals surface area contributed by atoms with Crippen molar-refractivity contribution in [2.75, 3.05) is 13.1 Å². The van der Waals surface area contributed by atoms with Crippen molar-refractivity contribution >= 4 is 17.2 Å². The quantitative estimate of drug-likeness (QED) is 0.855. The lowest BCUT2D eigenvalue weighted by Crippen LogP contribution is -2.38. The van der Waals surface area contributed by atoms with Crippen molar-refractivity contribution in [1.29, 1.82) is 0 Å². The minimum Gasteiger partial charge on any atom is -0.483 e. The Morgan fingerprint density at radius 3 is 2.87 bits per heavy atom. The molecule has 0 saturated carbocycles. The Balaban J connectivity index is 1.59. The fourth-order valence-electron chi connectivity index (χ4n) is 2.55. The maximum Gasteiger partial charge on any atom is 0.273 e. The molecular weight excluding hydrogens is 315 g/mol. The van der Waals surface area contributed by atoms with E-state index in [1.807, 2.05) is 4.90 Å². The van der Waals surface area contributed by atoms with Crippen LogP contribution in [0, 0.1) is 11.7 Å². The molecule has 4 nitrogen and oxygen atoms in total. The van der Waals surface area contributed by atoms with Crippen LogP contribution in [0.1, 0.15) is 35.3 Å². The van der Waals surface area contributed by atoms with Gasteiger partial charge in [0.1, 0.15) is 17.3 Å². The molecule has 1 aromatic carbocycles. The van der Waals surface area contributed by atoms with Gasteiger partial charge in [0, 0.05) is 18.5 Å². The van der Waals surface area contributed by atoms with E-state index in [0.29, 0.717) is 16.6 Å². The zero-order chi connectivity index (χ0) is 16.2. The van der Waals surface area contributed by atoms with Crippen molar-refractivity contribution in [3.8, 4) is 5.75 Å². The SMILES string of the molecule is CC1CCN(C(=O)c2csc(COc3ccccc3F)n2)CC1. The van der Waals surface area contributed by atoms with Crippen LogP contribution >= 0.6 is 11.3 Å². The summed E-state index contributed by atoms with van der Waals surface area (Å²) in [5, 5.41) is 2.42. The van der Waals surface area contributed by atoms with Gasteiger partial charge < -0.3 is 9.64 Å².